The molecule has 2 rings (SSSR count). The van der Waals surface area contributed by atoms with Crippen LogP contribution in [0.1, 0.15) is 34.1 Å². The van der Waals surface area contributed by atoms with Crippen molar-refractivity contribution < 1.29 is 0 Å². The lowest BCUT2D eigenvalue weighted by atomic mass is 10.2. The van der Waals surface area contributed by atoms with E-state index in [1.807, 2.05) is 0 Å². The molecular weight excluding hydrogens is 258 g/mol. The average Bonchev–Trinajstić information content (AvgIpc) is 2.84. The van der Waals surface area contributed by atoms with Gasteiger partial charge in [0.25, 0.3) is 0 Å². The zero-order chi connectivity index (χ0) is 13.8. The van der Waals surface area contributed by atoms with Gasteiger partial charge >= 0.3 is 0 Å². The molecule has 0 radical (unpaired) electrons. The van der Waals surface area contributed by atoms with Crippen LogP contribution in [-0.2, 0) is 0 Å². The molecule has 0 bridgehead atoms. The maximum atomic E-state index is 4.60. The van der Waals surface area contributed by atoms with Crippen LogP contribution in [-0.4, -0.2) is 31.7 Å². The van der Waals surface area contributed by atoms with Crippen LogP contribution < -0.4 is 5.32 Å². The van der Waals surface area contributed by atoms with Gasteiger partial charge in [-0.25, -0.2) is 9.97 Å². The first kappa shape index (κ1) is 14.1. The summed E-state index contributed by atoms with van der Waals surface area (Å²) in [6.45, 7) is 9.66. The van der Waals surface area contributed by atoms with Gasteiger partial charge in [0.1, 0.15) is 10.5 Å². The van der Waals surface area contributed by atoms with Crippen LogP contribution in [0.2, 0.25) is 0 Å². The van der Waals surface area contributed by atoms with E-state index in [0.29, 0.717) is 17.1 Å². The Morgan fingerprint density at radius 2 is 2.11 bits per heavy atom. The predicted molar refractivity (Wildman–Crippen MR) is 80.6 cm³/mol. The fraction of sp³-hybridized carbons (Fsp3) is 0.615. The van der Waals surface area contributed by atoms with E-state index in [2.05, 4.69) is 52.9 Å². The molecule has 104 valence electrons. The highest BCUT2D eigenvalue weighted by molar-refractivity contribution is 8.00. The Bertz CT molecular complexity index is 537. The van der Waals surface area contributed by atoms with Gasteiger partial charge in [0.15, 0.2) is 5.65 Å². The van der Waals surface area contributed by atoms with Crippen LogP contribution in [0.3, 0.4) is 0 Å². The van der Waals surface area contributed by atoms with Gasteiger partial charge in [-0.1, -0.05) is 27.7 Å². The molecule has 1 atom stereocenters. The summed E-state index contributed by atoms with van der Waals surface area (Å²) in [5, 5.41) is 4.70. The summed E-state index contributed by atoms with van der Waals surface area (Å²) < 4.78 is 0. The van der Waals surface area contributed by atoms with Crippen LogP contribution in [0.5, 0.6) is 0 Å². The van der Waals surface area contributed by atoms with Crippen LogP contribution in [0.25, 0.3) is 11.2 Å². The van der Waals surface area contributed by atoms with Crippen LogP contribution in [0.4, 0.5) is 5.95 Å². The molecule has 0 aliphatic heterocycles. The summed E-state index contributed by atoms with van der Waals surface area (Å²) in [7, 11) is 0. The summed E-state index contributed by atoms with van der Waals surface area (Å²) >= 11 is 1.77. The number of rotatable bonds is 6. The fourth-order valence-electron chi connectivity index (χ4n) is 1.52. The van der Waals surface area contributed by atoms with E-state index in [9.17, 15) is 0 Å². The average molecular weight is 279 g/mol. The van der Waals surface area contributed by atoms with Crippen LogP contribution in [0, 0.1) is 5.92 Å². The third-order valence-electron chi connectivity index (χ3n) is 3.02. The standard InChI is InChI=1S/C13H21N5S/c1-5-6-14-13-17-11-10(15-7-16-11)12(18-13)19-9(4)8(2)3/h7-9H,5-6H2,1-4H3,(H2,14,15,16,17,18). The Balaban J connectivity index is 2.31. The molecule has 0 fully saturated rings. The number of anilines is 1. The molecule has 5 nitrogen and oxygen atoms in total. The zero-order valence-electron chi connectivity index (χ0n) is 11.9. The molecule has 2 aromatic rings. The topological polar surface area (TPSA) is 66.5 Å². The van der Waals surface area contributed by atoms with E-state index in [0.717, 1.165) is 29.2 Å². The van der Waals surface area contributed by atoms with Crippen molar-refractivity contribution in [2.75, 3.05) is 11.9 Å². The quantitative estimate of drug-likeness (QED) is 0.627. The fourth-order valence-corrected chi connectivity index (χ4v) is 2.55. The van der Waals surface area contributed by atoms with Crippen molar-refractivity contribution in [1.82, 2.24) is 19.9 Å². The summed E-state index contributed by atoms with van der Waals surface area (Å²) in [4.78, 5) is 16.4. The molecule has 0 aromatic carbocycles. The molecule has 1 unspecified atom stereocenters. The summed E-state index contributed by atoms with van der Waals surface area (Å²) in [5.41, 5.74) is 1.66. The molecule has 0 saturated heterocycles. The molecule has 19 heavy (non-hydrogen) atoms. The zero-order valence-corrected chi connectivity index (χ0v) is 12.7. The maximum absolute atomic E-state index is 4.60. The monoisotopic (exact) mass is 279 g/mol. The minimum atomic E-state index is 0.500. The highest BCUT2D eigenvalue weighted by atomic mass is 32.2. The molecular formula is C13H21N5S. The van der Waals surface area contributed by atoms with E-state index < -0.39 is 0 Å². The van der Waals surface area contributed by atoms with Crippen molar-refractivity contribution in [3.63, 3.8) is 0 Å². The Kier molecular flexibility index (Phi) is 4.63. The molecule has 2 heterocycles. The third kappa shape index (κ3) is 3.37. The van der Waals surface area contributed by atoms with Crippen molar-refractivity contribution in [3.05, 3.63) is 6.33 Å². The number of aromatic amines is 1. The number of nitrogens with one attached hydrogen (secondary N) is 2. The van der Waals surface area contributed by atoms with Crippen molar-refractivity contribution in [2.24, 2.45) is 5.92 Å². The first-order valence-corrected chi connectivity index (χ1v) is 7.61. The Labute approximate surface area is 118 Å². The SMILES string of the molecule is CCCNc1nc(SC(C)C(C)C)c2[nH]cnc2n1. The molecule has 0 saturated carbocycles. The van der Waals surface area contributed by atoms with Gasteiger partial charge in [0, 0.05) is 11.8 Å². The summed E-state index contributed by atoms with van der Waals surface area (Å²) in [5.74, 6) is 1.27. The second-order valence-electron chi connectivity index (χ2n) is 4.95. The lowest BCUT2D eigenvalue weighted by Gasteiger charge is -2.15. The number of imidazole rings is 1. The normalized spacial score (nSPS) is 13.1. The third-order valence-corrected chi connectivity index (χ3v) is 4.46. The largest absolute Gasteiger partial charge is 0.354 e. The van der Waals surface area contributed by atoms with Gasteiger partial charge in [0.05, 0.1) is 6.33 Å². The number of fused-ring (bicyclic) bond motifs is 1. The molecule has 2 aromatic heterocycles. The van der Waals surface area contributed by atoms with E-state index in [4.69, 9.17) is 0 Å². The number of hydrogen-bond acceptors (Lipinski definition) is 5. The molecule has 2 N–H and O–H groups in total. The van der Waals surface area contributed by atoms with Gasteiger partial charge in [-0.2, -0.15) is 4.98 Å². The highest BCUT2D eigenvalue weighted by Crippen LogP contribution is 2.30. The molecule has 0 amide bonds. The lowest BCUT2D eigenvalue weighted by Crippen LogP contribution is -2.08. The van der Waals surface area contributed by atoms with Crippen molar-refractivity contribution in [2.45, 2.75) is 44.4 Å². The number of thioether (sulfide) groups is 1. The molecule has 0 aliphatic carbocycles. The first-order valence-electron chi connectivity index (χ1n) is 6.73. The molecule has 0 spiro atoms. The van der Waals surface area contributed by atoms with E-state index in [1.165, 1.54) is 0 Å². The minimum Gasteiger partial charge on any atom is -0.354 e. The van der Waals surface area contributed by atoms with E-state index in [1.54, 1.807) is 18.1 Å². The van der Waals surface area contributed by atoms with E-state index in [-0.39, 0.29) is 0 Å². The van der Waals surface area contributed by atoms with Crippen LogP contribution in [0.15, 0.2) is 11.4 Å². The van der Waals surface area contributed by atoms with Crippen molar-refractivity contribution >= 4 is 28.9 Å². The molecule has 0 aliphatic rings. The lowest BCUT2D eigenvalue weighted by molar-refractivity contribution is 0.641. The Hall–Kier alpha value is -1.30. The Morgan fingerprint density at radius 1 is 1.32 bits per heavy atom. The number of hydrogen-bond donors (Lipinski definition) is 2. The van der Waals surface area contributed by atoms with Crippen LogP contribution >= 0.6 is 11.8 Å². The smallest absolute Gasteiger partial charge is 0.225 e. The number of nitrogens with zero attached hydrogens (tertiary/aromatic N) is 3. The van der Waals surface area contributed by atoms with Crippen molar-refractivity contribution in [1.29, 1.82) is 0 Å². The second-order valence-corrected chi connectivity index (χ2v) is 6.31. The number of H-pyrrole nitrogens is 1. The Morgan fingerprint density at radius 3 is 2.79 bits per heavy atom. The van der Waals surface area contributed by atoms with E-state index >= 15 is 0 Å². The minimum absolute atomic E-state index is 0.500. The highest BCUT2D eigenvalue weighted by Gasteiger charge is 2.15. The van der Waals surface area contributed by atoms with Crippen molar-refractivity contribution in [3.8, 4) is 0 Å². The summed E-state index contributed by atoms with van der Waals surface area (Å²) in [6.07, 6.45) is 2.72. The molecule has 6 heteroatoms. The number of aromatic nitrogens is 4. The van der Waals surface area contributed by atoms with Gasteiger partial charge < -0.3 is 10.3 Å². The van der Waals surface area contributed by atoms with Gasteiger partial charge in [0.2, 0.25) is 5.95 Å². The maximum Gasteiger partial charge on any atom is 0.225 e. The van der Waals surface area contributed by atoms with Gasteiger partial charge in [-0.15, -0.1) is 11.8 Å². The van der Waals surface area contributed by atoms with Gasteiger partial charge in [-0.3, -0.25) is 0 Å². The predicted octanol–water partition coefficient (Wildman–Crippen LogP) is 3.31. The van der Waals surface area contributed by atoms with Gasteiger partial charge in [-0.05, 0) is 12.3 Å². The second kappa shape index (κ2) is 6.23. The first-order chi connectivity index (χ1) is 9.11. The summed E-state index contributed by atoms with van der Waals surface area (Å²) in [6, 6.07) is 0.